The van der Waals surface area contributed by atoms with Gasteiger partial charge in [0.05, 0.1) is 4.90 Å². The normalized spacial score (nSPS) is 13.3. The molecule has 0 aliphatic carbocycles. The first-order valence-corrected chi connectivity index (χ1v) is 6.28. The lowest BCUT2D eigenvalue weighted by Crippen LogP contribution is -2.16. The molecule has 0 saturated carbocycles. The van der Waals surface area contributed by atoms with Gasteiger partial charge in [0, 0.05) is 0 Å². The molecule has 0 heterocycles. The molecule has 0 radical (unpaired) electrons. The molecular weight excluding hydrogens is 261 g/mol. The average molecular weight is 270 g/mol. The lowest BCUT2D eigenvalue weighted by atomic mass is 10.1. The Balaban J connectivity index is 2.54. The molecule has 0 spiro atoms. The van der Waals surface area contributed by atoms with Gasteiger partial charge in [0.1, 0.15) is 0 Å². The third-order valence-electron chi connectivity index (χ3n) is 2.38. The quantitative estimate of drug-likeness (QED) is 0.806. The number of alkyl halides is 3. The Bertz CT molecular complexity index is 564. The predicted molar refractivity (Wildman–Crippen MR) is 64.3 cm³/mol. The second-order valence-corrected chi connectivity index (χ2v) is 5.02. The van der Waals surface area contributed by atoms with Crippen LogP contribution < -0.4 is 0 Å². The van der Waals surface area contributed by atoms with E-state index in [1.54, 1.807) is 36.4 Å². The molecule has 2 aromatic carbocycles. The van der Waals surface area contributed by atoms with Crippen LogP contribution in [0, 0.1) is 0 Å². The van der Waals surface area contributed by atoms with Gasteiger partial charge in [-0.05, 0) is 17.2 Å². The van der Waals surface area contributed by atoms with Crippen LogP contribution in [0.25, 0.3) is 11.1 Å². The lowest BCUT2D eigenvalue weighted by Gasteiger charge is -2.11. The molecular formula is C13H9F3OS. The van der Waals surface area contributed by atoms with Gasteiger partial charge in [-0.1, -0.05) is 48.5 Å². The summed E-state index contributed by atoms with van der Waals surface area (Å²) in [4.78, 5) is -0.212. The minimum Gasteiger partial charge on any atom is -0.245 e. The highest BCUT2D eigenvalue weighted by atomic mass is 32.2. The molecule has 0 amide bonds. The fraction of sp³-hybridized carbons (Fsp3) is 0.0769. The van der Waals surface area contributed by atoms with Crippen molar-refractivity contribution >= 4 is 10.8 Å². The van der Waals surface area contributed by atoms with Crippen molar-refractivity contribution in [1.29, 1.82) is 0 Å². The van der Waals surface area contributed by atoms with Crippen molar-refractivity contribution in [2.75, 3.05) is 0 Å². The number of benzene rings is 2. The minimum atomic E-state index is -4.75. The van der Waals surface area contributed by atoms with Crippen LogP contribution in [0.3, 0.4) is 0 Å². The van der Waals surface area contributed by atoms with Crippen LogP contribution in [0.2, 0.25) is 0 Å². The van der Waals surface area contributed by atoms with E-state index < -0.39 is 16.3 Å². The van der Waals surface area contributed by atoms with Gasteiger partial charge >= 0.3 is 5.51 Å². The Labute approximate surface area is 105 Å². The second-order valence-electron chi connectivity index (χ2n) is 3.58. The molecule has 0 aliphatic rings. The molecule has 0 N–H and O–H groups in total. The molecule has 0 saturated heterocycles. The maximum absolute atomic E-state index is 12.5. The second kappa shape index (κ2) is 4.94. The first kappa shape index (κ1) is 12.8. The van der Waals surface area contributed by atoms with Crippen molar-refractivity contribution < 1.29 is 17.4 Å². The van der Waals surface area contributed by atoms with Crippen LogP contribution in [0.4, 0.5) is 13.2 Å². The summed E-state index contributed by atoms with van der Waals surface area (Å²) >= 11 is 0. The first-order valence-electron chi connectivity index (χ1n) is 5.13. The van der Waals surface area contributed by atoms with E-state index >= 15 is 0 Å². The zero-order valence-electron chi connectivity index (χ0n) is 9.15. The minimum absolute atomic E-state index is 0.212. The monoisotopic (exact) mass is 270 g/mol. The summed E-state index contributed by atoms with van der Waals surface area (Å²) in [7, 11) is -3.01. The van der Waals surface area contributed by atoms with Crippen LogP contribution in [-0.4, -0.2) is 9.72 Å². The van der Waals surface area contributed by atoms with Gasteiger partial charge in [0.25, 0.3) is 0 Å². The summed E-state index contributed by atoms with van der Waals surface area (Å²) in [5.41, 5.74) is -3.79. The van der Waals surface area contributed by atoms with E-state index in [4.69, 9.17) is 0 Å². The zero-order valence-corrected chi connectivity index (χ0v) is 9.96. The summed E-state index contributed by atoms with van der Waals surface area (Å²) in [6.45, 7) is 0. The molecule has 1 atom stereocenters. The van der Waals surface area contributed by atoms with Gasteiger partial charge in [-0.15, -0.1) is 0 Å². The highest BCUT2D eigenvalue weighted by molar-refractivity contribution is 7.86. The van der Waals surface area contributed by atoms with Gasteiger partial charge in [0.2, 0.25) is 0 Å². The summed E-state index contributed by atoms with van der Waals surface area (Å²) in [6, 6.07) is 14.4. The summed E-state index contributed by atoms with van der Waals surface area (Å²) in [6.07, 6.45) is 0. The molecule has 0 fully saturated rings. The average Bonchev–Trinajstić information content (AvgIpc) is 2.38. The third-order valence-corrected chi connectivity index (χ3v) is 3.56. The van der Waals surface area contributed by atoms with E-state index in [-0.39, 0.29) is 4.90 Å². The van der Waals surface area contributed by atoms with Crippen molar-refractivity contribution in [3.8, 4) is 11.1 Å². The molecule has 0 aliphatic heterocycles. The van der Waals surface area contributed by atoms with Crippen LogP contribution in [0.15, 0.2) is 59.5 Å². The first-order chi connectivity index (χ1) is 8.50. The van der Waals surface area contributed by atoms with Crippen LogP contribution in [-0.2, 0) is 10.8 Å². The maximum atomic E-state index is 12.5. The Hall–Kier alpha value is -1.62. The van der Waals surface area contributed by atoms with Crippen molar-refractivity contribution in [3.05, 3.63) is 54.6 Å². The molecule has 1 nitrogen and oxygen atoms in total. The molecule has 0 unspecified atom stereocenters. The van der Waals surface area contributed by atoms with Crippen molar-refractivity contribution in [2.45, 2.75) is 10.4 Å². The molecule has 2 rings (SSSR count). The van der Waals surface area contributed by atoms with Gasteiger partial charge in [-0.3, -0.25) is 0 Å². The largest absolute Gasteiger partial charge is 0.475 e. The SMILES string of the molecule is O=[S@@](c1ccccc1-c1ccccc1)C(F)(F)F. The van der Waals surface area contributed by atoms with E-state index in [2.05, 4.69) is 0 Å². The Morgan fingerprint density at radius 2 is 1.39 bits per heavy atom. The number of hydrogen-bond acceptors (Lipinski definition) is 1. The van der Waals surface area contributed by atoms with Crippen molar-refractivity contribution in [2.24, 2.45) is 0 Å². The van der Waals surface area contributed by atoms with E-state index in [0.29, 0.717) is 11.1 Å². The molecule has 18 heavy (non-hydrogen) atoms. The topological polar surface area (TPSA) is 17.1 Å². The Morgan fingerprint density at radius 3 is 2.00 bits per heavy atom. The molecule has 0 bridgehead atoms. The lowest BCUT2D eigenvalue weighted by molar-refractivity contribution is -0.0384. The summed E-state index contributed by atoms with van der Waals surface area (Å²) in [5.74, 6) is 0. The highest BCUT2D eigenvalue weighted by Gasteiger charge is 2.39. The maximum Gasteiger partial charge on any atom is 0.475 e. The fourth-order valence-corrected chi connectivity index (χ4v) is 2.45. The number of rotatable bonds is 2. The fourth-order valence-electron chi connectivity index (χ4n) is 1.61. The third kappa shape index (κ3) is 2.61. The van der Waals surface area contributed by atoms with Crippen LogP contribution in [0.5, 0.6) is 0 Å². The van der Waals surface area contributed by atoms with E-state index in [1.807, 2.05) is 0 Å². The van der Waals surface area contributed by atoms with Crippen molar-refractivity contribution in [1.82, 2.24) is 0 Å². The number of halogens is 3. The van der Waals surface area contributed by atoms with Crippen molar-refractivity contribution in [3.63, 3.8) is 0 Å². The standard InChI is InChI=1S/C13H9F3OS/c14-13(15,16)18(17)12-9-5-4-8-11(12)10-6-2-1-3-7-10/h1-9H/t18-/m0/s1. The van der Waals surface area contributed by atoms with Gasteiger partial charge in [-0.2, -0.15) is 13.2 Å². The van der Waals surface area contributed by atoms with Gasteiger partial charge in [-0.25, -0.2) is 4.21 Å². The Kier molecular flexibility index (Phi) is 3.52. The van der Waals surface area contributed by atoms with E-state index in [9.17, 15) is 17.4 Å². The van der Waals surface area contributed by atoms with E-state index in [0.717, 1.165) is 0 Å². The van der Waals surface area contributed by atoms with Crippen LogP contribution in [0.1, 0.15) is 0 Å². The zero-order chi connectivity index (χ0) is 13.2. The summed E-state index contributed by atoms with van der Waals surface area (Å²) in [5, 5.41) is 0. The van der Waals surface area contributed by atoms with Crippen LogP contribution >= 0.6 is 0 Å². The molecule has 94 valence electrons. The predicted octanol–water partition coefficient (Wildman–Crippen LogP) is 3.98. The van der Waals surface area contributed by atoms with E-state index in [1.165, 1.54) is 18.2 Å². The Morgan fingerprint density at radius 1 is 0.833 bits per heavy atom. The highest BCUT2D eigenvalue weighted by Crippen LogP contribution is 2.33. The summed E-state index contributed by atoms with van der Waals surface area (Å²) < 4.78 is 49.0. The molecule has 5 heteroatoms. The number of hydrogen-bond donors (Lipinski definition) is 0. The van der Waals surface area contributed by atoms with Gasteiger partial charge < -0.3 is 0 Å². The molecule has 2 aromatic rings. The van der Waals surface area contributed by atoms with Gasteiger partial charge in [0.15, 0.2) is 10.8 Å². The molecule has 0 aromatic heterocycles. The smallest absolute Gasteiger partial charge is 0.245 e.